The Kier molecular flexibility index (Phi) is 6.66. The number of amides is 2. The van der Waals surface area contributed by atoms with Crippen LogP contribution in [0.4, 0.5) is 0 Å². The van der Waals surface area contributed by atoms with Gasteiger partial charge in [-0.25, -0.2) is 4.79 Å². The molecule has 0 aliphatic carbocycles. The number of hydroxylamine groups is 2. The van der Waals surface area contributed by atoms with Gasteiger partial charge in [-0.2, -0.15) is 0 Å². The molecule has 12 nitrogen and oxygen atoms in total. The van der Waals surface area contributed by atoms with Gasteiger partial charge in [0, 0.05) is 18.7 Å². The second-order valence-corrected chi connectivity index (χ2v) is 8.18. The third kappa shape index (κ3) is 4.58. The molecule has 0 bridgehead atoms. The number of hydrogen-bond donors (Lipinski definition) is 3. The number of aromatic amines is 1. The number of H-pyrrole nitrogens is 1. The maximum atomic E-state index is 12.9. The topological polar surface area (TPSA) is 166 Å². The SMILES string of the molecule is C=CCc1cccc2c1C(=O)N(OC[C@H]1O[C@@H](n3ccc(=O)[nH]c3=O)C[C@@H]1OP(N)O)C2=O. The molecule has 174 valence electrons. The Morgan fingerprint density at radius 1 is 1.27 bits per heavy atom. The first-order chi connectivity index (χ1) is 15.8. The van der Waals surface area contributed by atoms with Crippen LogP contribution in [0.1, 0.15) is 38.9 Å². The molecule has 2 amide bonds. The highest BCUT2D eigenvalue weighted by Crippen LogP contribution is 2.37. The lowest BCUT2D eigenvalue weighted by Crippen LogP contribution is -2.37. The van der Waals surface area contributed by atoms with Gasteiger partial charge in [0.15, 0.2) is 0 Å². The van der Waals surface area contributed by atoms with Gasteiger partial charge in [0.2, 0.25) is 8.53 Å². The van der Waals surface area contributed by atoms with Crippen molar-refractivity contribution in [3.05, 3.63) is 80.6 Å². The fourth-order valence-electron chi connectivity index (χ4n) is 3.85. The van der Waals surface area contributed by atoms with Crippen molar-refractivity contribution in [3.63, 3.8) is 0 Å². The molecule has 0 saturated carbocycles. The van der Waals surface area contributed by atoms with E-state index in [9.17, 15) is 24.1 Å². The second-order valence-electron chi connectivity index (χ2n) is 7.36. The third-order valence-electron chi connectivity index (χ3n) is 5.28. The number of aromatic nitrogens is 2. The number of nitrogens with zero attached hydrogens (tertiary/aromatic N) is 2. The normalized spacial score (nSPS) is 23.1. The lowest BCUT2D eigenvalue weighted by molar-refractivity contribution is -0.139. The molecule has 1 aromatic carbocycles. The smallest absolute Gasteiger partial charge is 0.330 e. The zero-order valence-corrected chi connectivity index (χ0v) is 18.1. The zero-order chi connectivity index (χ0) is 23.7. The van der Waals surface area contributed by atoms with Crippen LogP contribution >= 0.6 is 8.53 Å². The predicted octanol–water partition coefficient (Wildman–Crippen LogP) is 0.344. The highest BCUT2D eigenvalue weighted by molar-refractivity contribution is 7.43. The first kappa shape index (κ1) is 23.2. The van der Waals surface area contributed by atoms with Gasteiger partial charge in [-0.1, -0.05) is 18.2 Å². The Hall–Kier alpha value is -2.99. The summed E-state index contributed by atoms with van der Waals surface area (Å²) in [6.07, 6.45) is 0.856. The zero-order valence-electron chi connectivity index (χ0n) is 17.2. The molecule has 4 atom stereocenters. The first-order valence-electron chi connectivity index (χ1n) is 9.92. The number of imide groups is 1. The minimum absolute atomic E-state index is 0.0994. The van der Waals surface area contributed by atoms with E-state index < -0.39 is 50.0 Å². The van der Waals surface area contributed by atoms with Gasteiger partial charge in [-0.3, -0.25) is 34.3 Å². The molecular weight excluding hydrogens is 455 g/mol. The molecule has 4 rings (SSSR count). The van der Waals surface area contributed by atoms with Crippen molar-refractivity contribution in [2.24, 2.45) is 5.50 Å². The average molecular weight is 476 g/mol. The molecule has 3 heterocycles. The Labute approximate surface area is 188 Å². The number of nitrogens with one attached hydrogen (secondary N) is 1. The van der Waals surface area contributed by atoms with Crippen LogP contribution in [-0.2, 0) is 20.5 Å². The summed E-state index contributed by atoms with van der Waals surface area (Å²) in [5.74, 6) is -1.23. The van der Waals surface area contributed by atoms with E-state index in [1.165, 1.54) is 12.3 Å². The Bertz CT molecular complexity index is 1210. The summed E-state index contributed by atoms with van der Waals surface area (Å²) in [6, 6.07) is 6.10. The van der Waals surface area contributed by atoms with Gasteiger partial charge in [0.25, 0.3) is 17.4 Å². The summed E-state index contributed by atoms with van der Waals surface area (Å²) in [6.45, 7) is 3.36. The van der Waals surface area contributed by atoms with E-state index in [1.54, 1.807) is 18.2 Å². The summed E-state index contributed by atoms with van der Waals surface area (Å²) in [7, 11) is -2.26. The molecule has 4 N–H and O–H groups in total. The summed E-state index contributed by atoms with van der Waals surface area (Å²) < 4.78 is 12.3. The molecular formula is C20H21N4O8P. The van der Waals surface area contributed by atoms with Crippen LogP contribution in [-0.4, -0.2) is 50.1 Å². The van der Waals surface area contributed by atoms with Crippen molar-refractivity contribution in [1.82, 2.24) is 14.6 Å². The van der Waals surface area contributed by atoms with Crippen LogP contribution in [0.25, 0.3) is 0 Å². The summed E-state index contributed by atoms with van der Waals surface area (Å²) >= 11 is 0. The Balaban J connectivity index is 1.51. The lowest BCUT2D eigenvalue weighted by atomic mass is 10.0. The number of carbonyl (C=O) groups is 2. The quantitative estimate of drug-likeness (QED) is 0.277. The maximum Gasteiger partial charge on any atom is 0.330 e. The van der Waals surface area contributed by atoms with Gasteiger partial charge in [-0.15, -0.1) is 11.6 Å². The van der Waals surface area contributed by atoms with E-state index in [0.717, 1.165) is 10.6 Å². The number of rotatable bonds is 8. The molecule has 2 aliphatic rings. The Morgan fingerprint density at radius 2 is 2.06 bits per heavy atom. The summed E-state index contributed by atoms with van der Waals surface area (Å²) in [5.41, 5.74) is 5.26. The van der Waals surface area contributed by atoms with Crippen LogP contribution in [0, 0.1) is 0 Å². The number of hydrogen-bond acceptors (Lipinski definition) is 9. The van der Waals surface area contributed by atoms with Crippen molar-refractivity contribution >= 4 is 20.3 Å². The van der Waals surface area contributed by atoms with Crippen LogP contribution in [0.3, 0.4) is 0 Å². The van der Waals surface area contributed by atoms with Gasteiger partial charge in [0.1, 0.15) is 18.9 Å². The molecule has 13 heteroatoms. The highest BCUT2D eigenvalue weighted by atomic mass is 31.2. The number of allylic oxidation sites excluding steroid dienone is 1. The van der Waals surface area contributed by atoms with Crippen LogP contribution in [0.5, 0.6) is 0 Å². The number of nitrogens with two attached hydrogens (primary N) is 1. The minimum atomic E-state index is -2.26. The minimum Gasteiger partial charge on any atom is -0.349 e. The van der Waals surface area contributed by atoms with E-state index in [4.69, 9.17) is 19.6 Å². The third-order valence-corrected chi connectivity index (χ3v) is 5.77. The van der Waals surface area contributed by atoms with Crippen molar-refractivity contribution in [2.75, 3.05) is 6.61 Å². The largest absolute Gasteiger partial charge is 0.349 e. The van der Waals surface area contributed by atoms with E-state index >= 15 is 0 Å². The van der Waals surface area contributed by atoms with Crippen LogP contribution < -0.4 is 16.8 Å². The fraction of sp³-hybridized carbons (Fsp3) is 0.300. The van der Waals surface area contributed by atoms with Crippen molar-refractivity contribution in [3.8, 4) is 0 Å². The standard InChI is InChI=1S/C20H21N4O8P/c1-2-4-11-5-3-6-12-17(11)19(27)24(18(12)26)30-10-14-13(32-33(21)29)9-16(31-14)23-8-7-15(25)22-20(23)28/h2-3,5-8,13-14,16,29H,1,4,9-10,21H2,(H,22,25,28)/t13-,14+,16+,33?/m0/s1. The van der Waals surface area contributed by atoms with Gasteiger partial charge in [0.05, 0.1) is 17.2 Å². The fourth-order valence-corrected chi connectivity index (χ4v) is 4.35. The van der Waals surface area contributed by atoms with E-state index in [1.807, 2.05) is 0 Å². The van der Waals surface area contributed by atoms with Gasteiger partial charge >= 0.3 is 5.69 Å². The molecule has 33 heavy (non-hydrogen) atoms. The van der Waals surface area contributed by atoms with E-state index in [-0.39, 0.29) is 24.2 Å². The molecule has 2 aromatic rings. The summed E-state index contributed by atoms with van der Waals surface area (Å²) in [4.78, 5) is 66.2. The van der Waals surface area contributed by atoms with Gasteiger partial charge < -0.3 is 14.2 Å². The molecule has 1 unspecified atom stereocenters. The Morgan fingerprint density at radius 3 is 2.76 bits per heavy atom. The number of ether oxygens (including phenoxy) is 1. The van der Waals surface area contributed by atoms with Crippen LogP contribution in [0.2, 0.25) is 0 Å². The van der Waals surface area contributed by atoms with Crippen LogP contribution in [0.15, 0.2) is 52.7 Å². The average Bonchev–Trinajstić information content (AvgIpc) is 3.25. The van der Waals surface area contributed by atoms with E-state index in [0.29, 0.717) is 17.0 Å². The number of carbonyl (C=O) groups excluding carboxylic acids is 2. The second kappa shape index (κ2) is 9.48. The van der Waals surface area contributed by atoms with Crippen molar-refractivity contribution in [1.29, 1.82) is 0 Å². The molecule has 1 saturated heterocycles. The number of benzene rings is 1. The highest BCUT2D eigenvalue weighted by Gasteiger charge is 2.42. The molecule has 1 aromatic heterocycles. The number of fused-ring (bicyclic) bond motifs is 1. The van der Waals surface area contributed by atoms with Gasteiger partial charge in [-0.05, 0) is 18.1 Å². The van der Waals surface area contributed by atoms with Crippen molar-refractivity contribution in [2.45, 2.75) is 31.3 Å². The maximum absolute atomic E-state index is 12.9. The molecule has 0 radical (unpaired) electrons. The molecule has 1 fully saturated rings. The van der Waals surface area contributed by atoms with E-state index in [2.05, 4.69) is 11.6 Å². The predicted molar refractivity (Wildman–Crippen MR) is 115 cm³/mol. The summed E-state index contributed by atoms with van der Waals surface area (Å²) in [5, 5.41) is 0.654. The molecule has 2 aliphatic heterocycles. The monoisotopic (exact) mass is 476 g/mol. The van der Waals surface area contributed by atoms with Crippen molar-refractivity contribution < 1.29 is 28.6 Å². The lowest BCUT2D eigenvalue weighted by Gasteiger charge is -2.21. The first-order valence-corrected chi connectivity index (χ1v) is 11.2. The molecule has 0 spiro atoms.